The van der Waals surface area contributed by atoms with E-state index in [0.29, 0.717) is 10.3 Å². The second-order valence-electron chi connectivity index (χ2n) is 6.41. The number of hydrogen-bond acceptors (Lipinski definition) is 4. The Bertz CT molecular complexity index is 574. The zero-order chi connectivity index (χ0) is 15.6. The SMILES string of the molecule is Cc1cc(S(=O)(=O)NC(C)CC2CC2)sc1CNC(C)C. The molecule has 120 valence electrons. The van der Waals surface area contributed by atoms with E-state index >= 15 is 0 Å². The van der Waals surface area contributed by atoms with Crippen molar-refractivity contribution in [3.63, 3.8) is 0 Å². The van der Waals surface area contributed by atoms with E-state index in [2.05, 4.69) is 23.9 Å². The van der Waals surface area contributed by atoms with Crippen molar-refractivity contribution in [3.8, 4) is 0 Å². The molecule has 4 nitrogen and oxygen atoms in total. The quantitative estimate of drug-likeness (QED) is 0.770. The van der Waals surface area contributed by atoms with Crippen LogP contribution in [-0.2, 0) is 16.6 Å². The molecule has 1 aliphatic rings. The zero-order valence-corrected chi connectivity index (χ0v) is 14.9. The van der Waals surface area contributed by atoms with Crippen molar-refractivity contribution in [3.05, 3.63) is 16.5 Å². The molecule has 1 atom stereocenters. The van der Waals surface area contributed by atoms with Crippen LogP contribution in [0.1, 0.15) is 50.5 Å². The van der Waals surface area contributed by atoms with Crippen LogP contribution in [-0.4, -0.2) is 20.5 Å². The van der Waals surface area contributed by atoms with E-state index in [-0.39, 0.29) is 6.04 Å². The minimum Gasteiger partial charge on any atom is -0.310 e. The Hall–Kier alpha value is -0.430. The Morgan fingerprint density at radius 1 is 1.33 bits per heavy atom. The highest BCUT2D eigenvalue weighted by molar-refractivity contribution is 7.91. The highest BCUT2D eigenvalue weighted by Gasteiger charge is 2.27. The van der Waals surface area contributed by atoms with Gasteiger partial charge in [-0.05, 0) is 37.8 Å². The lowest BCUT2D eigenvalue weighted by Crippen LogP contribution is -2.32. The van der Waals surface area contributed by atoms with Gasteiger partial charge in [-0.15, -0.1) is 11.3 Å². The van der Waals surface area contributed by atoms with E-state index < -0.39 is 10.0 Å². The molecule has 2 rings (SSSR count). The number of aryl methyl sites for hydroxylation is 1. The van der Waals surface area contributed by atoms with Gasteiger partial charge in [-0.2, -0.15) is 0 Å². The molecule has 1 aliphatic carbocycles. The van der Waals surface area contributed by atoms with E-state index in [1.54, 1.807) is 6.07 Å². The predicted molar refractivity (Wildman–Crippen MR) is 88.2 cm³/mol. The third-order valence-electron chi connectivity index (χ3n) is 3.67. The summed E-state index contributed by atoms with van der Waals surface area (Å²) >= 11 is 1.37. The first kappa shape index (κ1) is 16.9. The fourth-order valence-electron chi connectivity index (χ4n) is 2.32. The molecule has 0 aliphatic heterocycles. The predicted octanol–water partition coefficient (Wildman–Crippen LogP) is 3.02. The van der Waals surface area contributed by atoms with Crippen molar-refractivity contribution in [2.75, 3.05) is 0 Å². The number of rotatable bonds is 8. The average Bonchev–Trinajstić information content (AvgIpc) is 3.06. The summed E-state index contributed by atoms with van der Waals surface area (Å²) in [7, 11) is -3.38. The van der Waals surface area contributed by atoms with Crippen LogP contribution < -0.4 is 10.0 Å². The number of sulfonamides is 1. The molecule has 0 radical (unpaired) electrons. The first-order valence-corrected chi connectivity index (χ1v) is 9.93. The minimum absolute atomic E-state index is 0.0159. The molecule has 0 bridgehead atoms. The third-order valence-corrected chi connectivity index (χ3v) is 6.97. The van der Waals surface area contributed by atoms with Crippen molar-refractivity contribution < 1.29 is 8.42 Å². The Kier molecular flexibility index (Phi) is 5.46. The lowest BCUT2D eigenvalue weighted by molar-refractivity contribution is 0.531. The van der Waals surface area contributed by atoms with Crippen LogP contribution >= 0.6 is 11.3 Å². The fraction of sp³-hybridized carbons (Fsp3) is 0.733. The molecule has 0 amide bonds. The summed E-state index contributed by atoms with van der Waals surface area (Å²) in [6, 6.07) is 2.19. The zero-order valence-electron chi connectivity index (χ0n) is 13.3. The summed E-state index contributed by atoms with van der Waals surface area (Å²) in [4.78, 5) is 1.10. The van der Waals surface area contributed by atoms with E-state index in [1.807, 2.05) is 13.8 Å². The molecule has 0 spiro atoms. The molecule has 0 aromatic carbocycles. The van der Waals surface area contributed by atoms with Crippen molar-refractivity contribution in [2.24, 2.45) is 5.92 Å². The smallest absolute Gasteiger partial charge is 0.250 e. The number of hydrogen-bond donors (Lipinski definition) is 2. The molecule has 1 fully saturated rings. The largest absolute Gasteiger partial charge is 0.310 e. The molecule has 1 saturated carbocycles. The highest BCUT2D eigenvalue weighted by Crippen LogP contribution is 2.34. The Morgan fingerprint density at radius 3 is 2.57 bits per heavy atom. The molecule has 2 N–H and O–H groups in total. The van der Waals surface area contributed by atoms with Crippen LogP contribution in [0.25, 0.3) is 0 Å². The Labute approximate surface area is 132 Å². The van der Waals surface area contributed by atoms with Crippen LogP contribution in [0.3, 0.4) is 0 Å². The summed E-state index contributed by atoms with van der Waals surface area (Å²) in [5.41, 5.74) is 1.04. The average molecular weight is 331 g/mol. The monoisotopic (exact) mass is 330 g/mol. The molecule has 1 aromatic heterocycles. The van der Waals surface area contributed by atoms with Crippen molar-refractivity contribution >= 4 is 21.4 Å². The first-order valence-electron chi connectivity index (χ1n) is 7.63. The van der Waals surface area contributed by atoms with Gasteiger partial charge in [-0.1, -0.05) is 26.7 Å². The van der Waals surface area contributed by atoms with Crippen LogP contribution in [0, 0.1) is 12.8 Å². The van der Waals surface area contributed by atoms with Gasteiger partial charge in [0.1, 0.15) is 4.21 Å². The molecule has 1 aromatic rings. The van der Waals surface area contributed by atoms with E-state index in [4.69, 9.17) is 0 Å². The normalized spacial score (nSPS) is 17.4. The van der Waals surface area contributed by atoms with Crippen molar-refractivity contribution in [1.82, 2.24) is 10.0 Å². The standard InChI is InChI=1S/C15H26N2O2S2/c1-10(2)16-9-14-11(3)7-15(20-14)21(18,19)17-12(4)8-13-5-6-13/h7,10,12-13,16-17H,5-6,8-9H2,1-4H3. The van der Waals surface area contributed by atoms with Crippen LogP contribution in [0.2, 0.25) is 0 Å². The Morgan fingerprint density at radius 2 is 2.00 bits per heavy atom. The van der Waals surface area contributed by atoms with Gasteiger partial charge in [0.15, 0.2) is 0 Å². The minimum atomic E-state index is -3.38. The van der Waals surface area contributed by atoms with Gasteiger partial charge in [-0.25, -0.2) is 13.1 Å². The molecular formula is C15H26N2O2S2. The molecule has 1 heterocycles. The van der Waals surface area contributed by atoms with E-state index in [9.17, 15) is 8.42 Å². The molecular weight excluding hydrogens is 304 g/mol. The number of thiophene rings is 1. The summed E-state index contributed by atoms with van der Waals surface area (Å²) in [5, 5.41) is 3.34. The first-order chi connectivity index (χ1) is 9.78. The maximum Gasteiger partial charge on any atom is 0.250 e. The second kappa shape index (κ2) is 6.77. The van der Waals surface area contributed by atoms with Gasteiger partial charge in [0.25, 0.3) is 0 Å². The van der Waals surface area contributed by atoms with E-state index in [0.717, 1.165) is 29.3 Å². The van der Waals surface area contributed by atoms with Gasteiger partial charge < -0.3 is 5.32 Å². The molecule has 0 saturated heterocycles. The van der Waals surface area contributed by atoms with E-state index in [1.165, 1.54) is 24.2 Å². The lowest BCUT2D eigenvalue weighted by Gasteiger charge is -2.12. The summed E-state index contributed by atoms with van der Waals surface area (Å²) < 4.78 is 28.1. The molecule has 21 heavy (non-hydrogen) atoms. The topological polar surface area (TPSA) is 58.2 Å². The van der Waals surface area contributed by atoms with Gasteiger partial charge in [0, 0.05) is 23.5 Å². The van der Waals surface area contributed by atoms with Gasteiger partial charge in [0.2, 0.25) is 10.0 Å². The van der Waals surface area contributed by atoms with Gasteiger partial charge in [0.05, 0.1) is 0 Å². The van der Waals surface area contributed by atoms with Crippen LogP contribution in [0.15, 0.2) is 10.3 Å². The fourth-order valence-corrected chi connectivity index (χ4v) is 5.13. The molecule has 6 heteroatoms. The van der Waals surface area contributed by atoms with Crippen LogP contribution in [0.5, 0.6) is 0 Å². The lowest BCUT2D eigenvalue weighted by atomic mass is 10.2. The maximum absolute atomic E-state index is 12.4. The molecule has 1 unspecified atom stereocenters. The van der Waals surface area contributed by atoms with Crippen LogP contribution in [0.4, 0.5) is 0 Å². The number of nitrogens with one attached hydrogen (secondary N) is 2. The summed E-state index contributed by atoms with van der Waals surface area (Å²) in [6.45, 7) is 8.82. The van der Waals surface area contributed by atoms with Gasteiger partial charge >= 0.3 is 0 Å². The Balaban J connectivity index is 2.03. The maximum atomic E-state index is 12.4. The summed E-state index contributed by atoms with van der Waals surface area (Å²) in [5.74, 6) is 0.721. The van der Waals surface area contributed by atoms with Gasteiger partial charge in [-0.3, -0.25) is 0 Å². The second-order valence-corrected chi connectivity index (χ2v) is 9.49. The highest BCUT2D eigenvalue weighted by atomic mass is 32.2. The van der Waals surface area contributed by atoms with Crippen molar-refractivity contribution in [2.45, 2.75) is 69.8 Å². The van der Waals surface area contributed by atoms with Crippen molar-refractivity contribution in [1.29, 1.82) is 0 Å². The summed E-state index contributed by atoms with van der Waals surface area (Å²) in [6.07, 6.45) is 3.44. The third kappa shape index (κ3) is 5.06.